The first-order valence-electron chi connectivity index (χ1n) is 45.1. The fourth-order valence-corrected chi connectivity index (χ4v) is 20.8. The molecule has 133 heavy (non-hydrogen) atoms. The molecular weight excluding hydrogens is 2400 g/mol. The molecule has 0 saturated heterocycles. The number of hydrogen-bond acceptors (Lipinski definition) is 8. The van der Waals surface area contributed by atoms with Gasteiger partial charge in [-0.05, 0) is 128 Å². The van der Waals surface area contributed by atoms with Crippen molar-refractivity contribution in [3.63, 3.8) is 0 Å². The van der Waals surface area contributed by atoms with Gasteiger partial charge in [-0.1, -0.05) is 250 Å². The standard InChI is InChI=1S/2C18H24NSi.C17H22NSi.C16H20NSi.4C12H10N.4Ir/c1-14(2)11-16-12-17(15-9-7-6-8-10-15)19-13-18(16)20(3,4)5;1-6-14(2)16-12-17(15-10-8-7-9-11-15)19-13-18(16)20(3,4)5;1-13(2)15-11-16(14-9-7-6-8-10-14)18-12-17(15)19(3,4)5;1-5-13-11-15(14-9-7-6-8-10-14)17-12-16(13)18(2,3)4;1-10-5-4-6-11(9-10)12-7-2-3-8-13-12;1-10-6-2-3-7-11(10)12-8-4-5-9-13-12;2*1-10-5-7-11(8-6-10)12-4-2-3-9-13-12;;;;/h6-9,12-14H,11H2,1-5H3;7-10,12-14H,6H2,1-5H3;6-9,11-13H,1-5H3;6-9,11-12H,5H2,1-4H3;2-5,7-9H,1H3;2-6,8-9H,1H3;2*2-7,9H,1H3;;;;/q8*-1;;;;. The first-order chi connectivity index (χ1) is 61.7. The molecule has 8 nitrogen and oxygen atoms in total. The topological polar surface area (TPSA) is 103 Å². The van der Waals surface area contributed by atoms with Crippen LogP contribution in [-0.2, 0) is 93.3 Å². The molecule has 0 aliphatic heterocycles. The predicted octanol–water partition coefficient (Wildman–Crippen LogP) is 28.2. The van der Waals surface area contributed by atoms with E-state index in [-0.39, 0.29) is 80.4 Å². The summed E-state index contributed by atoms with van der Waals surface area (Å²) in [6.07, 6.45) is 19.0. The summed E-state index contributed by atoms with van der Waals surface area (Å²) in [5, 5.41) is 5.93. The summed E-state index contributed by atoms with van der Waals surface area (Å²) in [6, 6.07) is 115. The van der Waals surface area contributed by atoms with E-state index in [1.807, 2.05) is 194 Å². The van der Waals surface area contributed by atoms with Gasteiger partial charge < -0.3 is 39.9 Å². The Bertz CT molecular complexity index is 5930. The van der Waals surface area contributed by atoms with Crippen molar-refractivity contribution < 1.29 is 80.4 Å². The van der Waals surface area contributed by atoms with Gasteiger partial charge in [-0.15, -0.1) is 285 Å². The van der Waals surface area contributed by atoms with Crippen molar-refractivity contribution in [3.8, 4) is 90.1 Å². The van der Waals surface area contributed by atoms with Gasteiger partial charge in [0.05, 0.1) is 32.3 Å². The number of aryl methyl sites for hydroxylation is 5. The molecule has 16 rings (SSSR count). The molecule has 8 aromatic heterocycles. The van der Waals surface area contributed by atoms with Crippen molar-refractivity contribution in [2.75, 3.05) is 0 Å². The number of pyridine rings is 8. The molecule has 0 amide bonds. The molecule has 0 N–H and O–H groups in total. The van der Waals surface area contributed by atoms with E-state index in [0.29, 0.717) is 17.8 Å². The van der Waals surface area contributed by atoms with Gasteiger partial charge in [0.2, 0.25) is 0 Å². The molecule has 0 aliphatic carbocycles. The van der Waals surface area contributed by atoms with Crippen LogP contribution in [-0.4, -0.2) is 72.2 Å². The Morgan fingerprint density at radius 3 is 0.947 bits per heavy atom. The molecule has 0 fully saturated rings. The minimum atomic E-state index is -1.35. The summed E-state index contributed by atoms with van der Waals surface area (Å²) < 4.78 is 0. The van der Waals surface area contributed by atoms with Crippen LogP contribution in [0.2, 0.25) is 78.6 Å². The van der Waals surface area contributed by atoms with Gasteiger partial charge >= 0.3 is 0 Å². The summed E-state index contributed by atoms with van der Waals surface area (Å²) in [7, 11) is -5.33. The van der Waals surface area contributed by atoms with Crippen molar-refractivity contribution in [3.05, 3.63) is 410 Å². The molecule has 4 radical (unpaired) electrons. The molecule has 0 spiro atoms. The molecule has 1 unspecified atom stereocenters. The van der Waals surface area contributed by atoms with Crippen LogP contribution in [0, 0.1) is 82.1 Å². The van der Waals surface area contributed by atoms with Crippen LogP contribution in [0.1, 0.15) is 111 Å². The predicted molar refractivity (Wildman–Crippen MR) is 560 cm³/mol. The second-order valence-electron chi connectivity index (χ2n) is 37.2. The SMILES string of the molecule is CC(C)Cc1cc(-c2[c-]cccc2)ncc1[Si](C)(C)C.CC(C)c1cc(-c2[c-]cccc2)ncc1[Si](C)(C)C.CCC(C)c1cc(-c2[c-]cccc2)ncc1[Si](C)(C)C.CCc1cc(-c2[c-]cccc2)ncc1[Si](C)(C)C.Cc1c[c-]c(-c2ccccn2)cc1.Cc1c[c-]c(-c2ccccn2)cc1.Cc1cc[c-]c(-c2ccccn2)c1.Cc1ccc[c-]c1-c1ccccn1.[Ir].[Ir].[Ir].[Ir]. The summed E-state index contributed by atoms with van der Waals surface area (Å²) in [6.45, 7) is 52.7. The molecular formula is C117H130Ir4N8Si4-8. The first kappa shape index (κ1) is 114. The van der Waals surface area contributed by atoms with Crippen LogP contribution in [0.3, 0.4) is 0 Å². The Hall–Kier alpha value is -9.58. The smallest absolute Gasteiger partial charge is 0.0799 e. The van der Waals surface area contributed by atoms with Gasteiger partial charge in [0, 0.05) is 130 Å². The van der Waals surface area contributed by atoms with Gasteiger partial charge in [-0.3, -0.25) is 0 Å². The molecule has 0 saturated carbocycles. The van der Waals surface area contributed by atoms with E-state index >= 15 is 0 Å². The number of hydrogen-bond donors (Lipinski definition) is 0. The average Bonchev–Trinajstić information content (AvgIpc) is 0.797. The van der Waals surface area contributed by atoms with Crippen molar-refractivity contribution in [2.45, 2.75) is 186 Å². The molecule has 0 aliphatic rings. The van der Waals surface area contributed by atoms with Crippen molar-refractivity contribution in [1.29, 1.82) is 0 Å². The largest absolute Gasteiger partial charge is 0.305 e. The zero-order valence-electron chi connectivity index (χ0n) is 81.8. The molecule has 16 aromatic rings. The normalized spacial score (nSPS) is 10.9. The Morgan fingerprint density at radius 1 is 0.278 bits per heavy atom. The molecule has 698 valence electrons. The molecule has 8 aromatic carbocycles. The van der Waals surface area contributed by atoms with E-state index in [2.05, 4.69) is 336 Å². The van der Waals surface area contributed by atoms with Crippen LogP contribution in [0.25, 0.3) is 90.1 Å². The van der Waals surface area contributed by atoms with E-state index in [1.54, 1.807) is 24.8 Å². The molecule has 8 heterocycles. The molecule has 0 bridgehead atoms. The van der Waals surface area contributed by atoms with Gasteiger partial charge in [0.1, 0.15) is 0 Å². The minimum Gasteiger partial charge on any atom is -0.305 e. The summed E-state index contributed by atoms with van der Waals surface area (Å²) in [5.74, 6) is 1.79. The maximum absolute atomic E-state index is 4.70. The Balaban J connectivity index is 0.000000269. The maximum atomic E-state index is 4.70. The van der Waals surface area contributed by atoms with Crippen LogP contribution >= 0.6 is 0 Å². The Kier molecular flexibility index (Phi) is 48.6. The van der Waals surface area contributed by atoms with Gasteiger partial charge in [0.25, 0.3) is 0 Å². The minimum absolute atomic E-state index is 0. The summed E-state index contributed by atoms with van der Waals surface area (Å²) in [4.78, 5) is 35.7. The fourth-order valence-electron chi connectivity index (χ4n) is 14.3. The van der Waals surface area contributed by atoms with Crippen LogP contribution in [0.15, 0.2) is 316 Å². The van der Waals surface area contributed by atoms with Crippen LogP contribution in [0.5, 0.6) is 0 Å². The third-order valence-corrected chi connectivity index (χ3v) is 29.7. The summed E-state index contributed by atoms with van der Waals surface area (Å²) >= 11 is 0. The van der Waals surface area contributed by atoms with Gasteiger partial charge in [-0.25, -0.2) is 0 Å². The zero-order chi connectivity index (χ0) is 93.1. The first-order valence-corrected chi connectivity index (χ1v) is 59.1. The fraction of sp³-hybridized carbons (Fsp3) is 0.248. The van der Waals surface area contributed by atoms with Crippen molar-refractivity contribution in [2.24, 2.45) is 5.92 Å². The zero-order valence-corrected chi connectivity index (χ0v) is 95.4. The third kappa shape index (κ3) is 36.9. The average molecular weight is 2530 g/mol. The van der Waals surface area contributed by atoms with Crippen LogP contribution in [0.4, 0.5) is 0 Å². The van der Waals surface area contributed by atoms with E-state index in [0.717, 1.165) is 103 Å². The maximum Gasteiger partial charge on any atom is 0.0799 e. The molecule has 1 atom stereocenters. The van der Waals surface area contributed by atoms with Crippen molar-refractivity contribution >= 4 is 53.0 Å². The van der Waals surface area contributed by atoms with E-state index in [9.17, 15) is 0 Å². The van der Waals surface area contributed by atoms with E-state index in [4.69, 9.17) is 4.98 Å². The van der Waals surface area contributed by atoms with E-state index < -0.39 is 32.3 Å². The number of rotatable bonds is 18. The second kappa shape index (κ2) is 56.7. The molecule has 16 heteroatoms. The van der Waals surface area contributed by atoms with E-state index in [1.165, 1.54) is 71.7 Å². The van der Waals surface area contributed by atoms with Gasteiger partial charge in [0.15, 0.2) is 0 Å². The van der Waals surface area contributed by atoms with Crippen LogP contribution < -0.4 is 20.7 Å². The van der Waals surface area contributed by atoms with Gasteiger partial charge in [-0.2, -0.15) is 0 Å². The number of aromatic nitrogens is 8. The number of nitrogens with zero attached hydrogens (tertiary/aromatic N) is 8. The Morgan fingerprint density at radius 2 is 0.617 bits per heavy atom. The second-order valence-corrected chi connectivity index (χ2v) is 57.4. The summed E-state index contributed by atoms with van der Waals surface area (Å²) in [5.41, 5.74) is 27.4. The monoisotopic (exact) mass is 2530 g/mol. The quantitative estimate of drug-likeness (QED) is 0.0618. The Labute approximate surface area is 856 Å². The third-order valence-electron chi connectivity index (χ3n) is 21.5. The van der Waals surface area contributed by atoms with Crippen molar-refractivity contribution in [1.82, 2.24) is 39.9 Å². The number of benzene rings is 8.